The predicted octanol–water partition coefficient (Wildman–Crippen LogP) is 1.84. The molecule has 2 aliphatic rings. The number of pyridine rings is 1. The Kier molecular flexibility index (Phi) is 6.39. The van der Waals surface area contributed by atoms with Crippen molar-refractivity contribution in [2.45, 2.75) is 17.7 Å². The van der Waals surface area contributed by atoms with Crippen LogP contribution in [0.5, 0.6) is 0 Å². The van der Waals surface area contributed by atoms with Gasteiger partial charge >= 0.3 is 0 Å². The van der Waals surface area contributed by atoms with Crippen LogP contribution in [-0.2, 0) is 14.8 Å². The zero-order valence-electron chi connectivity index (χ0n) is 17.5. The van der Waals surface area contributed by atoms with Crippen LogP contribution in [0.25, 0.3) is 0 Å². The molecular weight excluding hydrogens is 433 g/mol. The molecule has 1 aromatic carbocycles. The van der Waals surface area contributed by atoms with Crippen molar-refractivity contribution in [1.29, 1.82) is 5.26 Å². The van der Waals surface area contributed by atoms with E-state index in [-0.39, 0.29) is 29.8 Å². The Bertz CT molecular complexity index is 1120. The maximum absolute atomic E-state index is 13.1. The van der Waals surface area contributed by atoms with Crippen molar-refractivity contribution in [2.24, 2.45) is 5.92 Å². The molecule has 4 rings (SSSR count). The monoisotopic (exact) mass is 457 g/mol. The molecule has 10 heteroatoms. The van der Waals surface area contributed by atoms with Crippen LogP contribution >= 0.6 is 0 Å². The minimum atomic E-state index is -3.70. The molecule has 2 aromatic rings. The van der Waals surface area contributed by atoms with Crippen molar-refractivity contribution in [3.63, 3.8) is 0 Å². The Balaban J connectivity index is 1.32. The van der Waals surface area contributed by atoms with Crippen LogP contribution in [-0.4, -0.2) is 67.8 Å². The molecule has 2 aliphatic heterocycles. The molecule has 0 radical (unpaired) electrons. The van der Waals surface area contributed by atoms with Crippen LogP contribution < -0.4 is 4.90 Å². The average molecular weight is 458 g/mol. The van der Waals surface area contributed by atoms with Gasteiger partial charge in [0.05, 0.1) is 10.5 Å². The molecule has 0 unspecified atom stereocenters. The van der Waals surface area contributed by atoms with Gasteiger partial charge in [-0.1, -0.05) is 0 Å². The van der Waals surface area contributed by atoms with Gasteiger partial charge in [0.1, 0.15) is 17.7 Å². The van der Waals surface area contributed by atoms with E-state index in [0.717, 1.165) is 12.1 Å². The van der Waals surface area contributed by atoms with Gasteiger partial charge in [0.25, 0.3) is 0 Å². The van der Waals surface area contributed by atoms with Gasteiger partial charge in [0.2, 0.25) is 15.9 Å². The minimum Gasteiger partial charge on any atom is -0.352 e. The van der Waals surface area contributed by atoms with Crippen molar-refractivity contribution in [3.05, 3.63) is 54.0 Å². The highest BCUT2D eigenvalue weighted by Crippen LogP contribution is 2.26. The second kappa shape index (κ2) is 9.22. The summed E-state index contributed by atoms with van der Waals surface area (Å²) in [4.78, 5) is 21.2. The van der Waals surface area contributed by atoms with E-state index in [2.05, 4.69) is 11.1 Å². The van der Waals surface area contributed by atoms with Gasteiger partial charge in [0, 0.05) is 51.4 Å². The normalized spacial score (nSPS) is 18.4. The summed E-state index contributed by atoms with van der Waals surface area (Å²) < 4.78 is 40.0. The Morgan fingerprint density at radius 3 is 2.31 bits per heavy atom. The Hall–Kier alpha value is -3.03. The van der Waals surface area contributed by atoms with Crippen molar-refractivity contribution >= 4 is 21.7 Å². The summed E-state index contributed by atoms with van der Waals surface area (Å²) in [5.41, 5.74) is 0.516. The number of hydrogen-bond acceptors (Lipinski definition) is 6. The third-order valence-corrected chi connectivity index (χ3v) is 7.97. The van der Waals surface area contributed by atoms with Gasteiger partial charge in [-0.25, -0.2) is 17.8 Å². The standard InChI is InChI=1S/C22H24FN5O3S/c23-19-3-5-20(6-4-19)32(30,31)28-10-7-17(8-11-28)22(29)27-14-12-26(13-15-27)21-18(16-24)2-1-9-25-21/h1-6,9,17H,7-8,10-15H2. The third kappa shape index (κ3) is 4.45. The molecule has 0 bridgehead atoms. The summed E-state index contributed by atoms with van der Waals surface area (Å²) >= 11 is 0. The molecule has 0 N–H and O–H groups in total. The first-order valence-corrected chi connectivity index (χ1v) is 12.0. The van der Waals surface area contributed by atoms with Crippen LogP contribution in [0.3, 0.4) is 0 Å². The molecule has 0 saturated carbocycles. The molecule has 32 heavy (non-hydrogen) atoms. The van der Waals surface area contributed by atoms with Gasteiger partial charge < -0.3 is 9.80 Å². The zero-order valence-corrected chi connectivity index (χ0v) is 18.3. The third-order valence-electron chi connectivity index (χ3n) is 6.05. The van der Waals surface area contributed by atoms with E-state index in [1.54, 1.807) is 18.3 Å². The molecule has 0 aliphatic carbocycles. The summed E-state index contributed by atoms with van der Waals surface area (Å²) in [7, 11) is -3.70. The van der Waals surface area contributed by atoms with E-state index < -0.39 is 15.8 Å². The summed E-state index contributed by atoms with van der Waals surface area (Å²) in [5.74, 6) is -0.0163. The topological polar surface area (TPSA) is 97.6 Å². The molecule has 2 fully saturated rings. The highest BCUT2D eigenvalue weighted by molar-refractivity contribution is 7.89. The van der Waals surface area contributed by atoms with Gasteiger partial charge in [-0.15, -0.1) is 0 Å². The number of nitriles is 1. The lowest BCUT2D eigenvalue weighted by Crippen LogP contribution is -2.52. The van der Waals surface area contributed by atoms with Crippen LogP contribution in [0, 0.1) is 23.1 Å². The Morgan fingerprint density at radius 1 is 1.03 bits per heavy atom. The van der Waals surface area contributed by atoms with E-state index in [1.807, 2.05) is 9.80 Å². The number of nitrogens with zero attached hydrogens (tertiary/aromatic N) is 5. The number of piperazine rings is 1. The van der Waals surface area contributed by atoms with Gasteiger partial charge in [-0.05, 0) is 49.2 Å². The summed E-state index contributed by atoms with van der Waals surface area (Å²) in [6.07, 6.45) is 2.57. The first-order valence-electron chi connectivity index (χ1n) is 10.5. The fraction of sp³-hybridized carbons (Fsp3) is 0.409. The average Bonchev–Trinajstić information content (AvgIpc) is 2.84. The largest absolute Gasteiger partial charge is 0.352 e. The maximum atomic E-state index is 13.1. The lowest BCUT2D eigenvalue weighted by molar-refractivity contribution is -0.137. The molecule has 1 amide bonds. The first-order chi connectivity index (χ1) is 15.4. The van der Waals surface area contributed by atoms with E-state index in [4.69, 9.17) is 0 Å². The number of rotatable bonds is 4. The predicted molar refractivity (Wildman–Crippen MR) is 116 cm³/mol. The van der Waals surface area contributed by atoms with Crippen LogP contribution in [0.4, 0.5) is 10.2 Å². The highest BCUT2D eigenvalue weighted by atomic mass is 32.2. The van der Waals surface area contributed by atoms with Crippen LogP contribution in [0.1, 0.15) is 18.4 Å². The molecule has 8 nitrogen and oxygen atoms in total. The fourth-order valence-corrected chi connectivity index (χ4v) is 5.70. The van der Waals surface area contributed by atoms with Gasteiger partial charge in [0.15, 0.2) is 0 Å². The van der Waals surface area contributed by atoms with Crippen molar-refractivity contribution in [3.8, 4) is 6.07 Å². The SMILES string of the molecule is N#Cc1cccnc1N1CCN(C(=O)C2CCN(S(=O)(=O)c3ccc(F)cc3)CC2)CC1. The fourth-order valence-electron chi connectivity index (χ4n) is 4.23. The van der Waals surface area contributed by atoms with Gasteiger partial charge in [-0.3, -0.25) is 4.79 Å². The molecule has 1 aromatic heterocycles. The summed E-state index contributed by atoms with van der Waals surface area (Å²) in [6.45, 7) is 2.78. The molecular formula is C22H24FN5O3S. The van der Waals surface area contributed by atoms with Crippen LogP contribution in [0.15, 0.2) is 47.5 Å². The lowest BCUT2D eigenvalue weighted by Gasteiger charge is -2.38. The zero-order chi connectivity index (χ0) is 22.7. The van der Waals surface area contributed by atoms with Crippen molar-refractivity contribution < 1.29 is 17.6 Å². The number of benzene rings is 1. The number of aromatic nitrogens is 1. The quantitative estimate of drug-likeness (QED) is 0.695. The number of sulfonamides is 1. The van der Waals surface area contributed by atoms with Crippen molar-refractivity contribution in [2.75, 3.05) is 44.2 Å². The Morgan fingerprint density at radius 2 is 1.69 bits per heavy atom. The molecule has 2 saturated heterocycles. The number of amides is 1. The van der Waals surface area contributed by atoms with Crippen molar-refractivity contribution in [1.82, 2.24) is 14.2 Å². The first kappa shape index (κ1) is 22.2. The number of hydrogen-bond donors (Lipinski definition) is 0. The van der Waals surface area contributed by atoms with E-state index >= 15 is 0 Å². The number of piperidine rings is 1. The Labute approximate surface area is 186 Å². The smallest absolute Gasteiger partial charge is 0.243 e. The number of carbonyl (C=O) groups excluding carboxylic acids is 1. The summed E-state index contributed by atoms with van der Waals surface area (Å²) in [5, 5.41) is 9.28. The van der Waals surface area contributed by atoms with Crippen LogP contribution in [0.2, 0.25) is 0 Å². The number of halogens is 1. The van der Waals surface area contributed by atoms with E-state index in [0.29, 0.717) is 50.4 Å². The number of carbonyl (C=O) groups is 1. The lowest BCUT2D eigenvalue weighted by atomic mass is 9.96. The van der Waals surface area contributed by atoms with E-state index in [1.165, 1.54) is 16.4 Å². The highest BCUT2D eigenvalue weighted by Gasteiger charge is 2.35. The summed E-state index contributed by atoms with van der Waals surface area (Å²) in [6, 6.07) is 10.4. The second-order valence-corrected chi connectivity index (χ2v) is 9.87. The maximum Gasteiger partial charge on any atom is 0.243 e. The second-order valence-electron chi connectivity index (χ2n) is 7.93. The molecule has 3 heterocycles. The molecule has 0 atom stereocenters. The molecule has 168 valence electrons. The molecule has 0 spiro atoms. The number of anilines is 1. The van der Waals surface area contributed by atoms with Gasteiger partial charge in [-0.2, -0.15) is 9.57 Å². The minimum absolute atomic E-state index is 0.0463. The van der Waals surface area contributed by atoms with E-state index in [9.17, 15) is 22.9 Å².